The highest BCUT2D eigenvalue weighted by molar-refractivity contribution is 7.12. The Morgan fingerprint density at radius 2 is 2.06 bits per heavy atom. The Labute approximate surface area is 111 Å². The van der Waals surface area contributed by atoms with Crippen LogP contribution in [0.3, 0.4) is 0 Å². The zero-order chi connectivity index (χ0) is 12.8. The van der Waals surface area contributed by atoms with Gasteiger partial charge < -0.3 is 0 Å². The van der Waals surface area contributed by atoms with Crippen molar-refractivity contribution in [2.24, 2.45) is 4.99 Å². The number of nitrogens with zero attached hydrogens (tertiary/aromatic N) is 1. The van der Waals surface area contributed by atoms with Gasteiger partial charge in [0.2, 0.25) is 0 Å². The summed E-state index contributed by atoms with van der Waals surface area (Å²) in [6, 6.07) is 12.0. The van der Waals surface area contributed by atoms with Crippen molar-refractivity contribution >= 4 is 23.3 Å². The van der Waals surface area contributed by atoms with E-state index in [1.54, 1.807) is 6.21 Å². The fourth-order valence-electron chi connectivity index (χ4n) is 1.55. The van der Waals surface area contributed by atoms with Crippen LogP contribution in [-0.2, 0) is 6.54 Å². The number of aryl methyl sites for hydroxylation is 1. The molecule has 1 aromatic heterocycles. The lowest BCUT2D eigenvalue weighted by molar-refractivity contribution is 0.101. The van der Waals surface area contributed by atoms with Gasteiger partial charge in [-0.25, -0.2) is 0 Å². The maximum Gasteiger partial charge on any atom is 0.178 e. The first-order chi connectivity index (χ1) is 8.75. The van der Waals surface area contributed by atoms with Gasteiger partial charge in [0.05, 0.1) is 11.4 Å². The Kier molecular flexibility index (Phi) is 4.42. The molecule has 0 bridgehead atoms. The van der Waals surface area contributed by atoms with E-state index in [-0.39, 0.29) is 5.78 Å². The fourth-order valence-corrected chi connectivity index (χ4v) is 2.22. The number of hydrogen-bond donors (Lipinski definition) is 0. The molecule has 18 heavy (non-hydrogen) atoms. The SMILES string of the molecule is Cc1ccc(CN=CCC(=O)c2cccs2)cc1. The van der Waals surface area contributed by atoms with E-state index in [4.69, 9.17) is 0 Å². The van der Waals surface area contributed by atoms with E-state index >= 15 is 0 Å². The van der Waals surface area contributed by atoms with E-state index in [9.17, 15) is 4.79 Å². The van der Waals surface area contributed by atoms with Gasteiger partial charge in [-0.3, -0.25) is 9.79 Å². The highest BCUT2D eigenvalue weighted by atomic mass is 32.1. The molecule has 0 unspecified atom stereocenters. The van der Waals surface area contributed by atoms with Gasteiger partial charge in [-0.1, -0.05) is 35.9 Å². The molecule has 2 rings (SSSR count). The molecule has 1 heterocycles. The van der Waals surface area contributed by atoms with E-state index in [0.29, 0.717) is 13.0 Å². The molecule has 1 aromatic carbocycles. The fraction of sp³-hybridized carbons (Fsp3) is 0.200. The Morgan fingerprint density at radius 3 is 2.72 bits per heavy atom. The van der Waals surface area contributed by atoms with Gasteiger partial charge in [0.25, 0.3) is 0 Å². The summed E-state index contributed by atoms with van der Waals surface area (Å²) in [5, 5.41) is 1.91. The number of carbonyl (C=O) groups is 1. The van der Waals surface area contributed by atoms with Gasteiger partial charge in [-0.2, -0.15) is 0 Å². The minimum Gasteiger partial charge on any atom is -0.293 e. The van der Waals surface area contributed by atoms with Gasteiger partial charge in [-0.15, -0.1) is 11.3 Å². The molecule has 0 fully saturated rings. The molecule has 0 saturated carbocycles. The van der Waals surface area contributed by atoms with Crippen LogP contribution >= 0.6 is 11.3 Å². The smallest absolute Gasteiger partial charge is 0.178 e. The third kappa shape index (κ3) is 3.64. The van der Waals surface area contributed by atoms with Crippen LogP contribution in [0.15, 0.2) is 46.8 Å². The van der Waals surface area contributed by atoms with Crippen molar-refractivity contribution in [3.8, 4) is 0 Å². The zero-order valence-electron chi connectivity index (χ0n) is 10.3. The summed E-state index contributed by atoms with van der Waals surface area (Å²) in [7, 11) is 0. The molecule has 0 aliphatic heterocycles. The normalized spacial score (nSPS) is 10.9. The molecule has 0 N–H and O–H groups in total. The molecule has 0 aliphatic carbocycles. The van der Waals surface area contributed by atoms with Crippen LogP contribution in [0.2, 0.25) is 0 Å². The minimum atomic E-state index is 0.137. The summed E-state index contributed by atoms with van der Waals surface area (Å²) in [4.78, 5) is 16.8. The topological polar surface area (TPSA) is 29.4 Å². The second-order valence-corrected chi connectivity index (χ2v) is 5.06. The van der Waals surface area contributed by atoms with Crippen LogP contribution in [0.5, 0.6) is 0 Å². The molecule has 0 atom stereocenters. The Bertz CT molecular complexity index is 526. The van der Waals surface area contributed by atoms with Crippen LogP contribution in [0, 0.1) is 6.92 Å². The molecule has 3 heteroatoms. The minimum absolute atomic E-state index is 0.137. The summed E-state index contributed by atoms with van der Waals surface area (Å²) in [5.41, 5.74) is 2.41. The predicted molar refractivity (Wildman–Crippen MR) is 76.6 cm³/mol. The molecular formula is C15H15NOS. The van der Waals surface area contributed by atoms with Gasteiger partial charge in [0.15, 0.2) is 5.78 Å². The van der Waals surface area contributed by atoms with Crippen molar-refractivity contribution in [1.29, 1.82) is 0 Å². The number of ketones is 1. The van der Waals surface area contributed by atoms with Gasteiger partial charge in [0.1, 0.15) is 0 Å². The lowest BCUT2D eigenvalue weighted by Gasteiger charge is -1.97. The largest absolute Gasteiger partial charge is 0.293 e. The molecule has 0 aliphatic rings. The number of aliphatic imine (C=N–C) groups is 1. The lowest BCUT2D eigenvalue weighted by Crippen LogP contribution is -1.96. The predicted octanol–water partition coefficient (Wildman–Crippen LogP) is 3.90. The van der Waals surface area contributed by atoms with Crippen LogP contribution in [-0.4, -0.2) is 12.0 Å². The Morgan fingerprint density at radius 1 is 1.28 bits per heavy atom. The van der Waals surface area contributed by atoms with Crippen molar-refractivity contribution in [2.45, 2.75) is 19.9 Å². The quantitative estimate of drug-likeness (QED) is 0.590. The molecule has 0 radical (unpaired) electrons. The van der Waals surface area contributed by atoms with E-state index < -0.39 is 0 Å². The third-order valence-electron chi connectivity index (χ3n) is 2.60. The number of Topliss-reactive ketones (excluding diaryl/α,β-unsaturated/α-hetero) is 1. The number of benzene rings is 1. The summed E-state index contributed by atoms with van der Waals surface area (Å²) < 4.78 is 0. The molecular weight excluding hydrogens is 242 g/mol. The number of rotatable bonds is 5. The van der Waals surface area contributed by atoms with Crippen molar-refractivity contribution in [3.05, 3.63) is 57.8 Å². The second kappa shape index (κ2) is 6.26. The summed E-state index contributed by atoms with van der Waals surface area (Å²) in [6.07, 6.45) is 2.09. The molecule has 2 nitrogen and oxygen atoms in total. The van der Waals surface area contributed by atoms with Crippen molar-refractivity contribution < 1.29 is 4.79 Å². The highest BCUT2D eigenvalue weighted by Crippen LogP contribution is 2.10. The number of carbonyl (C=O) groups excluding carboxylic acids is 1. The molecule has 0 amide bonds. The number of thiophene rings is 1. The first-order valence-electron chi connectivity index (χ1n) is 5.86. The Hall–Kier alpha value is -1.74. The van der Waals surface area contributed by atoms with Crippen molar-refractivity contribution in [2.75, 3.05) is 0 Å². The molecule has 92 valence electrons. The summed E-state index contributed by atoms with van der Waals surface area (Å²) in [6.45, 7) is 2.70. The molecule has 2 aromatic rings. The summed E-state index contributed by atoms with van der Waals surface area (Å²) in [5.74, 6) is 0.137. The molecule has 0 spiro atoms. The second-order valence-electron chi connectivity index (χ2n) is 4.11. The Balaban J connectivity index is 1.82. The third-order valence-corrected chi connectivity index (χ3v) is 3.51. The van der Waals surface area contributed by atoms with E-state index in [1.807, 2.05) is 17.5 Å². The van der Waals surface area contributed by atoms with E-state index in [0.717, 1.165) is 4.88 Å². The maximum atomic E-state index is 11.7. The van der Waals surface area contributed by atoms with Crippen LogP contribution in [0.25, 0.3) is 0 Å². The highest BCUT2D eigenvalue weighted by Gasteiger charge is 2.03. The monoisotopic (exact) mass is 257 g/mol. The maximum absolute atomic E-state index is 11.7. The van der Waals surface area contributed by atoms with Gasteiger partial charge in [0, 0.05) is 12.6 Å². The number of hydrogen-bond acceptors (Lipinski definition) is 3. The van der Waals surface area contributed by atoms with Crippen molar-refractivity contribution in [1.82, 2.24) is 0 Å². The van der Waals surface area contributed by atoms with Crippen molar-refractivity contribution in [3.63, 3.8) is 0 Å². The lowest BCUT2D eigenvalue weighted by atomic mass is 10.1. The van der Waals surface area contributed by atoms with E-state index in [1.165, 1.54) is 22.5 Å². The van der Waals surface area contributed by atoms with Gasteiger partial charge in [-0.05, 0) is 23.9 Å². The first-order valence-corrected chi connectivity index (χ1v) is 6.74. The van der Waals surface area contributed by atoms with Crippen LogP contribution in [0.4, 0.5) is 0 Å². The standard InChI is InChI=1S/C15H15NOS/c1-12-4-6-13(7-5-12)11-16-9-8-14(17)15-3-2-10-18-15/h2-7,9-10H,8,11H2,1H3. The van der Waals surface area contributed by atoms with E-state index in [2.05, 4.69) is 36.2 Å². The van der Waals surface area contributed by atoms with Crippen LogP contribution < -0.4 is 0 Å². The zero-order valence-corrected chi connectivity index (χ0v) is 11.1. The van der Waals surface area contributed by atoms with Crippen LogP contribution in [0.1, 0.15) is 27.2 Å². The summed E-state index contributed by atoms with van der Waals surface area (Å²) >= 11 is 1.48. The van der Waals surface area contributed by atoms with Gasteiger partial charge >= 0.3 is 0 Å². The first kappa shape index (κ1) is 12.7. The average molecular weight is 257 g/mol. The molecule has 0 saturated heterocycles. The average Bonchev–Trinajstić information content (AvgIpc) is 2.90.